The number of nitrogens with zero attached hydrogens (tertiary/aromatic N) is 5. The normalized spacial score (nSPS) is 14.2. The molecule has 1 aromatic carbocycles. The van der Waals surface area contributed by atoms with Gasteiger partial charge in [0.2, 0.25) is 0 Å². The maximum atomic E-state index is 13.4. The minimum Gasteiger partial charge on any atom is -0.267 e. The number of alkyl halides is 5. The molecule has 0 amide bonds. The van der Waals surface area contributed by atoms with Gasteiger partial charge in [0.25, 0.3) is 5.56 Å². The Morgan fingerprint density at radius 3 is 2.33 bits per heavy atom. The van der Waals surface area contributed by atoms with Crippen LogP contribution in [-0.4, -0.2) is 24.5 Å². The summed E-state index contributed by atoms with van der Waals surface area (Å²) in [5.41, 5.74) is -0.189. The molecule has 0 bridgehead atoms. The number of aryl methyl sites for hydroxylation is 1. The van der Waals surface area contributed by atoms with Crippen molar-refractivity contribution < 1.29 is 26.3 Å². The van der Waals surface area contributed by atoms with Gasteiger partial charge in [-0.15, -0.1) is 0 Å². The zero-order valence-corrected chi connectivity index (χ0v) is 21.6. The van der Waals surface area contributed by atoms with E-state index in [9.17, 15) is 31.1 Å². The van der Waals surface area contributed by atoms with Crippen molar-refractivity contribution in [1.29, 1.82) is 0 Å². The minimum atomic E-state index is -4.65. The third-order valence-electron chi connectivity index (χ3n) is 6.59. The highest BCUT2D eigenvalue weighted by Gasteiger charge is 2.34. The van der Waals surface area contributed by atoms with Crippen LogP contribution in [0, 0.1) is 12.7 Å². The quantitative estimate of drug-likeness (QED) is 0.242. The average molecular weight is 564 g/mol. The van der Waals surface area contributed by atoms with Crippen molar-refractivity contribution in [3.63, 3.8) is 0 Å². The zero-order valence-electron chi connectivity index (χ0n) is 21.6. The molecule has 0 radical (unpaired) electrons. The SMILES string of the molecule is Cc1cccc(F)c1.O=c1c(C2CCCCC2)cc(-c2ccn(C(F)F)n2)nn1Cc1ncccc1C(F)(F)F. The summed E-state index contributed by atoms with van der Waals surface area (Å²) >= 11 is 0. The second-order valence-electron chi connectivity index (χ2n) is 9.54. The molecule has 0 spiro atoms. The Kier molecular flexibility index (Phi) is 9.06. The van der Waals surface area contributed by atoms with Gasteiger partial charge in [-0.1, -0.05) is 31.4 Å². The molecule has 1 aliphatic carbocycles. The van der Waals surface area contributed by atoms with Gasteiger partial charge in [-0.3, -0.25) is 9.78 Å². The van der Waals surface area contributed by atoms with E-state index in [4.69, 9.17) is 0 Å². The largest absolute Gasteiger partial charge is 0.418 e. The first-order chi connectivity index (χ1) is 19.0. The summed E-state index contributed by atoms with van der Waals surface area (Å²) in [6.07, 6.45) is 2.09. The first kappa shape index (κ1) is 29.0. The van der Waals surface area contributed by atoms with E-state index in [1.807, 2.05) is 13.0 Å². The summed E-state index contributed by atoms with van der Waals surface area (Å²) in [6.45, 7) is -1.49. The Labute approximate surface area is 226 Å². The topological polar surface area (TPSA) is 65.6 Å². The third kappa shape index (κ3) is 7.16. The maximum absolute atomic E-state index is 13.4. The van der Waals surface area contributed by atoms with Gasteiger partial charge in [0.15, 0.2) is 0 Å². The lowest BCUT2D eigenvalue weighted by Gasteiger charge is -2.22. The molecule has 0 saturated heterocycles. The highest BCUT2D eigenvalue weighted by molar-refractivity contribution is 5.54. The van der Waals surface area contributed by atoms with Crippen LogP contribution in [0.1, 0.15) is 67.0 Å². The molecular weight excluding hydrogens is 536 g/mol. The predicted octanol–water partition coefficient (Wildman–Crippen LogP) is 7.15. The van der Waals surface area contributed by atoms with Crippen LogP contribution in [0.25, 0.3) is 11.4 Å². The Bertz CT molecular complexity index is 1470. The van der Waals surface area contributed by atoms with Crippen LogP contribution >= 0.6 is 0 Å². The summed E-state index contributed by atoms with van der Waals surface area (Å²) in [6, 6.07) is 11.4. The lowest BCUT2D eigenvalue weighted by Crippen LogP contribution is -2.30. The van der Waals surface area contributed by atoms with Gasteiger partial charge < -0.3 is 0 Å². The van der Waals surface area contributed by atoms with Crippen molar-refractivity contribution in [3.05, 3.63) is 99.5 Å². The van der Waals surface area contributed by atoms with E-state index in [0.717, 1.165) is 54.6 Å². The van der Waals surface area contributed by atoms with Gasteiger partial charge in [0.05, 0.1) is 17.8 Å². The van der Waals surface area contributed by atoms with Gasteiger partial charge >= 0.3 is 12.7 Å². The van der Waals surface area contributed by atoms with Crippen LogP contribution in [-0.2, 0) is 12.7 Å². The average Bonchev–Trinajstić information content (AvgIpc) is 3.41. The second-order valence-corrected chi connectivity index (χ2v) is 9.54. The number of rotatable bonds is 5. The molecule has 1 fully saturated rings. The molecule has 0 aliphatic heterocycles. The fraction of sp³-hybridized carbons (Fsp3) is 0.357. The predicted molar refractivity (Wildman–Crippen MR) is 136 cm³/mol. The fourth-order valence-corrected chi connectivity index (χ4v) is 4.65. The summed E-state index contributed by atoms with van der Waals surface area (Å²) in [5.74, 6) is -0.239. The second kappa shape index (κ2) is 12.5. The molecule has 40 heavy (non-hydrogen) atoms. The molecule has 3 heterocycles. The van der Waals surface area contributed by atoms with Gasteiger partial charge in [0, 0.05) is 18.0 Å². The van der Waals surface area contributed by atoms with Crippen molar-refractivity contribution in [2.75, 3.05) is 0 Å². The smallest absolute Gasteiger partial charge is 0.267 e. The maximum Gasteiger partial charge on any atom is 0.418 e. The molecule has 6 nitrogen and oxygen atoms in total. The van der Waals surface area contributed by atoms with Crippen LogP contribution in [0.15, 0.2) is 65.7 Å². The fourth-order valence-electron chi connectivity index (χ4n) is 4.65. The van der Waals surface area contributed by atoms with Crippen molar-refractivity contribution in [1.82, 2.24) is 24.5 Å². The van der Waals surface area contributed by atoms with E-state index in [1.54, 1.807) is 6.07 Å². The molecule has 1 aliphatic rings. The van der Waals surface area contributed by atoms with Gasteiger partial charge in [0.1, 0.15) is 17.2 Å². The summed E-state index contributed by atoms with van der Waals surface area (Å²) in [5, 5.41) is 7.96. The van der Waals surface area contributed by atoms with E-state index in [2.05, 4.69) is 15.2 Å². The van der Waals surface area contributed by atoms with Crippen molar-refractivity contribution >= 4 is 0 Å². The molecule has 212 valence electrons. The number of pyridine rings is 1. The van der Waals surface area contributed by atoms with Crippen molar-refractivity contribution in [2.45, 2.75) is 64.2 Å². The molecule has 4 aromatic rings. The highest BCUT2D eigenvalue weighted by Crippen LogP contribution is 2.33. The standard InChI is InChI=1S/C21H20F5N5O.C7H7F/c22-20(23)30-10-8-16(28-30)17-11-14(13-5-2-1-3-6-13)19(32)31(29-17)12-18-15(21(24,25)26)7-4-9-27-18;1-6-3-2-4-7(8)5-6/h4,7-11,13,20H,1-3,5-6,12H2;2-5H,1H3. The summed E-state index contributed by atoms with van der Waals surface area (Å²) in [4.78, 5) is 17.0. The van der Waals surface area contributed by atoms with Gasteiger partial charge in [-0.2, -0.15) is 32.1 Å². The monoisotopic (exact) mass is 563 g/mol. The highest BCUT2D eigenvalue weighted by atomic mass is 19.4. The van der Waals surface area contributed by atoms with Crippen LogP contribution < -0.4 is 5.56 Å². The number of hydrogen-bond donors (Lipinski definition) is 0. The molecule has 12 heteroatoms. The zero-order chi connectivity index (χ0) is 28.9. The van der Waals surface area contributed by atoms with Crippen LogP contribution in [0.2, 0.25) is 0 Å². The van der Waals surface area contributed by atoms with Crippen molar-refractivity contribution in [3.8, 4) is 11.4 Å². The molecule has 0 N–H and O–H groups in total. The first-order valence-corrected chi connectivity index (χ1v) is 12.7. The Hall–Kier alpha value is -3.96. The lowest BCUT2D eigenvalue weighted by atomic mass is 9.84. The minimum absolute atomic E-state index is 0.0766. The summed E-state index contributed by atoms with van der Waals surface area (Å²) < 4.78 is 79.7. The molecular formula is C28H27F6N5O. The lowest BCUT2D eigenvalue weighted by molar-refractivity contribution is -0.138. The van der Waals surface area contributed by atoms with E-state index in [1.165, 1.54) is 36.5 Å². The summed E-state index contributed by atoms with van der Waals surface area (Å²) in [7, 11) is 0. The molecule has 1 saturated carbocycles. The van der Waals surface area contributed by atoms with Gasteiger partial charge in [-0.05, 0) is 67.6 Å². The first-order valence-electron chi connectivity index (χ1n) is 12.7. The van der Waals surface area contributed by atoms with E-state index >= 15 is 0 Å². The van der Waals surface area contributed by atoms with Crippen molar-refractivity contribution in [2.24, 2.45) is 0 Å². The van der Waals surface area contributed by atoms with E-state index in [0.29, 0.717) is 10.2 Å². The van der Waals surface area contributed by atoms with Crippen LogP contribution in [0.4, 0.5) is 26.3 Å². The Balaban J connectivity index is 0.000000398. The van der Waals surface area contributed by atoms with Gasteiger partial charge in [-0.25, -0.2) is 13.8 Å². The third-order valence-corrected chi connectivity index (χ3v) is 6.59. The van der Waals surface area contributed by atoms with E-state index < -0.39 is 30.4 Å². The number of aromatic nitrogens is 5. The number of hydrogen-bond acceptors (Lipinski definition) is 4. The Morgan fingerprint density at radius 1 is 0.975 bits per heavy atom. The van der Waals surface area contributed by atoms with Crippen LogP contribution in [0.5, 0.6) is 0 Å². The molecule has 0 atom stereocenters. The molecule has 0 unspecified atom stereocenters. The molecule has 5 rings (SSSR count). The number of halogens is 6. The Morgan fingerprint density at radius 2 is 1.73 bits per heavy atom. The number of benzene rings is 1. The molecule has 3 aromatic heterocycles. The van der Waals surface area contributed by atoms with E-state index in [-0.39, 0.29) is 28.8 Å². The van der Waals surface area contributed by atoms with Crippen LogP contribution in [0.3, 0.4) is 0 Å².